The second-order valence-corrected chi connectivity index (χ2v) is 13.1. The number of hydrogen-bond acceptors (Lipinski definition) is 17. The van der Waals surface area contributed by atoms with Crippen LogP contribution >= 0.6 is 11.6 Å². The zero-order valence-electron chi connectivity index (χ0n) is 23.3. The van der Waals surface area contributed by atoms with E-state index >= 15 is 0 Å². The number of rotatable bonds is 9. The second kappa shape index (κ2) is 13.2. The number of aromatic hydroxyl groups is 1. The zero-order valence-corrected chi connectivity index (χ0v) is 25.7. The number of aliphatic hydroxyl groups is 4. The summed E-state index contributed by atoms with van der Waals surface area (Å²) in [7, 11) is -10.1. The third kappa shape index (κ3) is 7.38. The van der Waals surface area contributed by atoms with Crippen LogP contribution in [0.5, 0.6) is 5.75 Å². The van der Waals surface area contributed by atoms with E-state index in [9.17, 15) is 51.5 Å². The Morgan fingerprint density at radius 3 is 2.21 bits per heavy atom. The van der Waals surface area contributed by atoms with Gasteiger partial charge in [0.2, 0.25) is 17.2 Å². The minimum absolute atomic E-state index is 0.242. The van der Waals surface area contributed by atoms with E-state index in [2.05, 4.69) is 35.8 Å². The molecule has 0 spiro atoms. The molecule has 250 valence electrons. The highest BCUT2D eigenvalue weighted by Crippen LogP contribution is 2.45. The van der Waals surface area contributed by atoms with Gasteiger partial charge in [-0.05, 0) is 47.3 Å². The normalized spacial score (nSPS) is 22.1. The molecule has 0 aliphatic carbocycles. The number of ether oxygens (including phenoxy) is 1. The van der Waals surface area contributed by atoms with Gasteiger partial charge in [-0.2, -0.15) is 36.9 Å². The van der Waals surface area contributed by atoms with Gasteiger partial charge >= 0.3 is 0 Å². The first-order valence-electron chi connectivity index (χ1n) is 13.1. The highest BCUT2D eigenvalue weighted by Gasteiger charge is 2.44. The van der Waals surface area contributed by atoms with Gasteiger partial charge in [-0.25, -0.2) is 0 Å². The van der Waals surface area contributed by atoms with Gasteiger partial charge in [0.1, 0.15) is 34.9 Å². The topological polar surface area (TPSA) is 307 Å². The van der Waals surface area contributed by atoms with Crippen LogP contribution in [0.4, 0.5) is 29.0 Å². The molecule has 1 aromatic heterocycles. The van der Waals surface area contributed by atoms with Crippen molar-refractivity contribution in [3.05, 3.63) is 53.8 Å². The summed E-state index contributed by atoms with van der Waals surface area (Å²) < 4.78 is 73.7. The molecule has 22 heteroatoms. The standard InChI is InChI=1S/C25H24ClN7O12S2/c26-23-29-24(31-25(30-23)28-18-21(37)19(35)14(9-34)45-22(18)38)27-13-8-12(46(39,40)41)6-10-7-15(47(42,43)44)17(20(36)16(10)13)33-32-11-4-2-1-3-5-11/h1-8,14,18-19,21-22,34-38H,9H2,(H,39,40,41)(H,42,43,44)(H2,27,28,29,30,31). The average Bonchev–Trinajstić information content (AvgIpc) is 2.99. The van der Waals surface area contributed by atoms with Crippen LogP contribution in [0.15, 0.2) is 68.6 Å². The van der Waals surface area contributed by atoms with Crippen molar-refractivity contribution in [1.29, 1.82) is 0 Å². The van der Waals surface area contributed by atoms with Crippen LogP contribution in [0.2, 0.25) is 5.28 Å². The molecule has 0 amide bonds. The van der Waals surface area contributed by atoms with E-state index in [0.29, 0.717) is 0 Å². The molecule has 2 heterocycles. The highest BCUT2D eigenvalue weighted by atomic mass is 35.5. The van der Waals surface area contributed by atoms with Crippen molar-refractivity contribution in [3.63, 3.8) is 0 Å². The number of phenols is 1. The second-order valence-electron chi connectivity index (χ2n) is 9.90. The van der Waals surface area contributed by atoms with Gasteiger partial charge in [0.15, 0.2) is 12.0 Å². The van der Waals surface area contributed by atoms with Crippen LogP contribution in [-0.4, -0.2) is 104 Å². The monoisotopic (exact) mass is 713 g/mol. The molecule has 0 saturated carbocycles. The van der Waals surface area contributed by atoms with Crippen molar-refractivity contribution in [1.82, 2.24) is 15.0 Å². The van der Waals surface area contributed by atoms with Crippen LogP contribution in [0, 0.1) is 0 Å². The largest absolute Gasteiger partial charge is 0.505 e. The maximum atomic E-state index is 12.3. The number of anilines is 3. The van der Waals surface area contributed by atoms with Crippen molar-refractivity contribution in [2.75, 3.05) is 17.2 Å². The number of halogens is 1. The highest BCUT2D eigenvalue weighted by molar-refractivity contribution is 7.86. The van der Waals surface area contributed by atoms with Crippen LogP contribution in [0.3, 0.4) is 0 Å². The fourth-order valence-corrected chi connectivity index (χ4v) is 5.96. The predicted octanol–water partition coefficient (Wildman–Crippen LogP) is 1.25. The maximum Gasteiger partial charge on any atom is 0.296 e. The molecular weight excluding hydrogens is 690 g/mol. The minimum Gasteiger partial charge on any atom is -0.505 e. The SMILES string of the molecule is O=S(=O)(O)c1cc(Nc2nc(Cl)nc(NC3C(O)OC(CO)C(O)C3O)n2)c2c(O)c(N=Nc3ccccc3)c(S(=O)(=O)O)cc2c1. The molecule has 4 aromatic rings. The molecule has 5 rings (SSSR count). The number of fused-ring (bicyclic) bond motifs is 1. The molecule has 0 radical (unpaired) electrons. The van der Waals surface area contributed by atoms with Gasteiger partial charge in [-0.3, -0.25) is 9.11 Å². The van der Waals surface area contributed by atoms with Crippen LogP contribution < -0.4 is 10.6 Å². The molecule has 47 heavy (non-hydrogen) atoms. The van der Waals surface area contributed by atoms with Gasteiger partial charge in [0.05, 0.1) is 22.9 Å². The van der Waals surface area contributed by atoms with Crippen LogP contribution in [0.25, 0.3) is 10.8 Å². The van der Waals surface area contributed by atoms with Crippen molar-refractivity contribution in [2.24, 2.45) is 10.2 Å². The van der Waals surface area contributed by atoms with Gasteiger partial charge in [0, 0.05) is 5.39 Å². The summed E-state index contributed by atoms with van der Waals surface area (Å²) in [5.41, 5.74) is -0.852. The number of nitrogens with zero attached hydrogens (tertiary/aromatic N) is 5. The lowest BCUT2D eigenvalue weighted by atomic mass is 9.97. The molecule has 1 aliphatic rings. The lowest BCUT2D eigenvalue weighted by Crippen LogP contribution is -2.61. The quantitative estimate of drug-likeness (QED) is 0.0870. The fourth-order valence-electron chi connectivity index (χ4n) is 4.60. The summed E-state index contributed by atoms with van der Waals surface area (Å²) in [6, 6.07) is 8.90. The molecule has 1 fully saturated rings. The smallest absolute Gasteiger partial charge is 0.296 e. The molecule has 9 N–H and O–H groups in total. The summed E-state index contributed by atoms with van der Waals surface area (Å²) in [5.74, 6) is -1.78. The third-order valence-electron chi connectivity index (χ3n) is 6.77. The Morgan fingerprint density at radius 2 is 1.57 bits per heavy atom. The van der Waals surface area contributed by atoms with E-state index in [1.54, 1.807) is 18.2 Å². The summed E-state index contributed by atoms with van der Waals surface area (Å²) in [4.78, 5) is 9.98. The number of phenolic OH excluding ortho intramolecular Hbond substituents is 1. The molecule has 5 atom stereocenters. The molecular formula is C25H24ClN7O12S2. The summed E-state index contributed by atoms with van der Waals surface area (Å²) in [6.45, 7) is -0.710. The number of benzene rings is 3. The van der Waals surface area contributed by atoms with E-state index < -0.39 is 95.9 Å². The Bertz CT molecular complexity index is 2070. The Kier molecular flexibility index (Phi) is 9.57. The summed E-state index contributed by atoms with van der Waals surface area (Å²) >= 11 is 6.04. The number of hydrogen-bond donors (Lipinski definition) is 9. The van der Waals surface area contributed by atoms with E-state index in [-0.39, 0.29) is 22.1 Å². The first-order chi connectivity index (χ1) is 22.1. The fraction of sp³-hybridized carbons (Fsp3) is 0.240. The van der Waals surface area contributed by atoms with E-state index in [1.165, 1.54) is 12.1 Å². The molecule has 1 aliphatic heterocycles. The first kappa shape index (κ1) is 34.2. The Morgan fingerprint density at radius 1 is 0.894 bits per heavy atom. The molecule has 0 bridgehead atoms. The lowest BCUT2D eigenvalue weighted by molar-refractivity contribution is -0.245. The number of nitrogens with one attached hydrogen (secondary N) is 2. The Balaban J connectivity index is 1.63. The van der Waals surface area contributed by atoms with Gasteiger partial charge in [-0.1, -0.05) is 18.2 Å². The van der Waals surface area contributed by atoms with E-state index in [1.807, 2.05) is 0 Å². The van der Waals surface area contributed by atoms with Crippen LogP contribution in [0.1, 0.15) is 0 Å². The predicted molar refractivity (Wildman–Crippen MR) is 161 cm³/mol. The Hall–Kier alpha value is -4.16. The zero-order chi connectivity index (χ0) is 34.3. The van der Waals surface area contributed by atoms with Gasteiger partial charge in [-0.15, -0.1) is 5.11 Å². The Labute approximate surface area is 269 Å². The molecule has 5 unspecified atom stereocenters. The molecule has 3 aromatic carbocycles. The molecule has 19 nitrogen and oxygen atoms in total. The number of azo groups is 1. The van der Waals surface area contributed by atoms with Crippen molar-refractivity contribution < 1.29 is 56.2 Å². The average molecular weight is 714 g/mol. The van der Waals surface area contributed by atoms with Gasteiger partial charge < -0.3 is 40.9 Å². The summed E-state index contributed by atoms with van der Waals surface area (Å²) in [5, 5.41) is 63.2. The van der Waals surface area contributed by atoms with Crippen LogP contribution in [-0.2, 0) is 25.0 Å². The summed E-state index contributed by atoms with van der Waals surface area (Å²) in [6.07, 6.45) is -6.40. The van der Waals surface area contributed by atoms with Crippen molar-refractivity contribution in [2.45, 2.75) is 40.4 Å². The number of aromatic nitrogens is 3. The maximum absolute atomic E-state index is 12.3. The molecule has 1 saturated heterocycles. The van der Waals surface area contributed by atoms with E-state index in [4.69, 9.17) is 16.3 Å². The lowest BCUT2D eigenvalue weighted by Gasteiger charge is -2.40. The van der Waals surface area contributed by atoms with Crippen molar-refractivity contribution >= 4 is 71.6 Å². The third-order valence-corrected chi connectivity index (χ3v) is 8.64. The van der Waals surface area contributed by atoms with E-state index in [0.717, 1.165) is 18.2 Å². The number of aliphatic hydroxyl groups excluding tert-OH is 4. The first-order valence-corrected chi connectivity index (χ1v) is 16.3. The minimum atomic E-state index is -5.10. The van der Waals surface area contributed by atoms with Gasteiger partial charge in [0.25, 0.3) is 20.2 Å². The van der Waals surface area contributed by atoms with Crippen molar-refractivity contribution in [3.8, 4) is 5.75 Å².